The minimum absolute atomic E-state index is 0.687. The molecule has 3 nitrogen and oxygen atoms in total. The number of anilines is 3. The molecular formula is C11H17N3. The second kappa shape index (κ2) is 3.40. The molecule has 0 bridgehead atoms. The highest BCUT2D eigenvalue weighted by Gasteiger charge is 2.20. The van der Waals surface area contributed by atoms with E-state index in [-0.39, 0.29) is 0 Å². The summed E-state index contributed by atoms with van der Waals surface area (Å²) in [5.74, 6) is 0.687. The Morgan fingerprint density at radius 1 is 1.36 bits per heavy atom. The van der Waals surface area contributed by atoms with E-state index in [1.807, 2.05) is 12.1 Å². The summed E-state index contributed by atoms with van der Waals surface area (Å²) in [6.07, 6.45) is 2.23. The molecule has 76 valence electrons. The summed E-state index contributed by atoms with van der Waals surface area (Å²) in [6.45, 7) is 3.22. The maximum atomic E-state index is 5.93. The van der Waals surface area contributed by atoms with Crippen LogP contribution >= 0.6 is 0 Å². The monoisotopic (exact) mass is 191 g/mol. The van der Waals surface area contributed by atoms with Crippen LogP contribution in [-0.4, -0.2) is 6.54 Å². The predicted molar refractivity (Wildman–Crippen MR) is 61.2 cm³/mol. The average Bonchev–Trinajstić information content (AvgIpc) is 2.23. The SMILES string of the molecule is CCC1CNc2c(N)ccc(N)c2C1. The van der Waals surface area contributed by atoms with Gasteiger partial charge in [0, 0.05) is 17.8 Å². The molecule has 0 spiro atoms. The summed E-state index contributed by atoms with van der Waals surface area (Å²) < 4.78 is 0. The van der Waals surface area contributed by atoms with Gasteiger partial charge in [-0.15, -0.1) is 0 Å². The maximum absolute atomic E-state index is 5.93. The van der Waals surface area contributed by atoms with Gasteiger partial charge in [-0.1, -0.05) is 13.3 Å². The quantitative estimate of drug-likeness (QED) is 0.593. The third kappa shape index (κ3) is 1.39. The first-order valence-corrected chi connectivity index (χ1v) is 5.13. The fourth-order valence-corrected chi connectivity index (χ4v) is 2.01. The standard InChI is InChI=1S/C11H17N3/c1-2-7-5-8-9(12)3-4-10(13)11(8)14-6-7/h3-4,7,14H,2,5-6,12-13H2,1H3. The molecule has 0 fully saturated rings. The first-order valence-electron chi connectivity index (χ1n) is 5.13. The molecule has 1 unspecified atom stereocenters. The Morgan fingerprint density at radius 3 is 2.79 bits per heavy atom. The summed E-state index contributed by atoms with van der Waals surface area (Å²) >= 11 is 0. The fraction of sp³-hybridized carbons (Fsp3) is 0.455. The van der Waals surface area contributed by atoms with Crippen molar-refractivity contribution in [2.75, 3.05) is 23.3 Å². The summed E-state index contributed by atoms with van der Waals surface area (Å²) in [7, 11) is 0. The summed E-state index contributed by atoms with van der Waals surface area (Å²) in [4.78, 5) is 0. The van der Waals surface area contributed by atoms with Crippen LogP contribution < -0.4 is 16.8 Å². The largest absolute Gasteiger partial charge is 0.398 e. The van der Waals surface area contributed by atoms with E-state index in [9.17, 15) is 0 Å². The minimum atomic E-state index is 0.687. The molecule has 0 aromatic heterocycles. The van der Waals surface area contributed by atoms with E-state index in [0.29, 0.717) is 5.92 Å². The van der Waals surface area contributed by atoms with Crippen molar-refractivity contribution in [3.63, 3.8) is 0 Å². The minimum Gasteiger partial charge on any atom is -0.398 e. The zero-order valence-electron chi connectivity index (χ0n) is 8.51. The van der Waals surface area contributed by atoms with E-state index in [1.54, 1.807) is 0 Å². The highest BCUT2D eigenvalue weighted by molar-refractivity contribution is 5.77. The van der Waals surface area contributed by atoms with E-state index in [2.05, 4.69) is 12.2 Å². The lowest BCUT2D eigenvalue weighted by Crippen LogP contribution is -2.24. The van der Waals surface area contributed by atoms with Gasteiger partial charge >= 0.3 is 0 Å². The van der Waals surface area contributed by atoms with Gasteiger partial charge < -0.3 is 16.8 Å². The molecule has 0 amide bonds. The molecule has 3 heteroatoms. The molecule has 2 rings (SSSR count). The van der Waals surface area contributed by atoms with Gasteiger partial charge in [0.2, 0.25) is 0 Å². The van der Waals surface area contributed by atoms with Gasteiger partial charge in [-0.25, -0.2) is 0 Å². The Morgan fingerprint density at radius 2 is 2.07 bits per heavy atom. The van der Waals surface area contributed by atoms with Gasteiger partial charge in [-0.2, -0.15) is 0 Å². The van der Waals surface area contributed by atoms with E-state index >= 15 is 0 Å². The van der Waals surface area contributed by atoms with Crippen LogP contribution in [-0.2, 0) is 6.42 Å². The van der Waals surface area contributed by atoms with Gasteiger partial charge in [0.1, 0.15) is 0 Å². The number of benzene rings is 1. The second-order valence-electron chi connectivity index (χ2n) is 3.96. The fourth-order valence-electron chi connectivity index (χ4n) is 2.01. The van der Waals surface area contributed by atoms with Crippen molar-refractivity contribution in [1.29, 1.82) is 0 Å². The van der Waals surface area contributed by atoms with Crippen LogP contribution in [0.25, 0.3) is 0 Å². The molecule has 0 saturated carbocycles. The third-order valence-electron chi connectivity index (χ3n) is 3.02. The van der Waals surface area contributed by atoms with Crippen molar-refractivity contribution >= 4 is 17.1 Å². The van der Waals surface area contributed by atoms with Crippen LogP contribution in [0.3, 0.4) is 0 Å². The molecule has 1 aliphatic heterocycles. The number of hydrogen-bond acceptors (Lipinski definition) is 3. The van der Waals surface area contributed by atoms with Gasteiger partial charge in [-0.05, 0) is 24.5 Å². The van der Waals surface area contributed by atoms with E-state index in [0.717, 1.165) is 30.0 Å². The van der Waals surface area contributed by atoms with E-state index in [1.165, 1.54) is 12.0 Å². The van der Waals surface area contributed by atoms with Crippen molar-refractivity contribution in [2.45, 2.75) is 19.8 Å². The first-order chi connectivity index (χ1) is 6.72. The molecule has 5 N–H and O–H groups in total. The lowest BCUT2D eigenvalue weighted by atomic mass is 9.90. The number of nitrogens with two attached hydrogens (primary N) is 2. The lowest BCUT2D eigenvalue weighted by molar-refractivity contribution is 0.522. The molecule has 1 aliphatic rings. The Hall–Kier alpha value is -1.38. The molecule has 14 heavy (non-hydrogen) atoms. The van der Waals surface area contributed by atoms with Crippen molar-refractivity contribution < 1.29 is 0 Å². The van der Waals surface area contributed by atoms with Crippen LogP contribution in [0.5, 0.6) is 0 Å². The Bertz CT molecular complexity index is 347. The molecular weight excluding hydrogens is 174 g/mol. The number of fused-ring (bicyclic) bond motifs is 1. The molecule has 0 aliphatic carbocycles. The summed E-state index contributed by atoms with van der Waals surface area (Å²) in [5, 5.41) is 3.37. The topological polar surface area (TPSA) is 64.1 Å². The average molecular weight is 191 g/mol. The highest BCUT2D eigenvalue weighted by atomic mass is 14.9. The molecule has 0 saturated heterocycles. The molecule has 1 atom stereocenters. The Labute approximate surface area is 84.5 Å². The maximum Gasteiger partial charge on any atom is 0.0627 e. The van der Waals surface area contributed by atoms with Gasteiger partial charge in [-0.3, -0.25) is 0 Å². The predicted octanol–water partition coefficient (Wildman–Crippen LogP) is 1.85. The lowest BCUT2D eigenvalue weighted by Gasteiger charge is -2.27. The van der Waals surface area contributed by atoms with Crippen molar-refractivity contribution in [3.8, 4) is 0 Å². The van der Waals surface area contributed by atoms with Crippen LogP contribution in [0.2, 0.25) is 0 Å². The summed E-state index contributed by atoms with van der Waals surface area (Å²) in [5.41, 5.74) is 15.7. The Balaban J connectivity index is 2.40. The number of hydrogen-bond donors (Lipinski definition) is 3. The first kappa shape index (κ1) is 9.19. The van der Waals surface area contributed by atoms with Crippen molar-refractivity contribution in [2.24, 2.45) is 5.92 Å². The van der Waals surface area contributed by atoms with Crippen LogP contribution in [0.1, 0.15) is 18.9 Å². The Kier molecular flexibility index (Phi) is 2.23. The third-order valence-corrected chi connectivity index (χ3v) is 3.02. The summed E-state index contributed by atoms with van der Waals surface area (Å²) in [6, 6.07) is 3.77. The zero-order valence-corrected chi connectivity index (χ0v) is 8.51. The zero-order chi connectivity index (χ0) is 10.1. The number of rotatable bonds is 1. The van der Waals surface area contributed by atoms with Gasteiger partial charge in [0.15, 0.2) is 0 Å². The molecule has 1 aromatic carbocycles. The van der Waals surface area contributed by atoms with Crippen LogP contribution in [0, 0.1) is 5.92 Å². The van der Waals surface area contributed by atoms with Crippen molar-refractivity contribution in [3.05, 3.63) is 17.7 Å². The second-order valence-corrected chi connectivity index (χ2v) is 3.96. The highest BCUT2D eigenvalue weighted by Crippen LogP contribution is 2.34. The van der Waals surface area contributed by atoms with Crippen LogP contribution in [0.15, 0.2) is 12.1 Å². The van der Waals surface area contributed by atoms with Crippen LogP contribution in [0.4, 0.5) is 17.1 Å². The molecule has 0 radical (unpaired) electrons. The van der Waals surface area contributed by atoms with Gasteiger partial charge in [0.25, 0.3) is 0 Å². The molecule has 1 aromatic rings. The van der Waals surface area contributed by atoms with E-state index in [4.69, 9.17) is 11.5 Å². The number of nitrogens with one attached hydrogen (secondary N) is 1. The van der Waals surface area contributed by atoms with E-state index < -0.39 is 0 Å². The van der Waals surface area contributed by atoms with Crippen molar-refractivity contribution in [1.82, 2.24) is 0 Å². The number of nitrogen functional groups attached to an aromatic ring is 2. The smallest absolute Gasteiger partial charge is 0.0627 e. The van der Waals surface area contributed by atoms with Gasteiger partial charge in [0.05, 0.1) is 11.4 Å². The normalized spacial score (nSPS) is 19.9. The molecule has 1 heterocycles.